The minimum absolute atomic E-state index is 0.0949. The molecule has 0 aliphatic carbocycles. The molecule has 1 aromatic carbocycles. The number of carbonyl (C=O) groups is 1. The molecule has 4 N–H and O–H groups in total. The van der Waals surface area contributed by atoms with Crippen molar-refractivity contribution < 1.29 is 9.21 Å². The monoisotopic (exact) mass is 360 g/mol. The van der Waals surface area contributed by atoms with E-state index in [0.717, 1.165) is 11.4 Å². The Morgan fingerprint density at radius 2 is 1.75 bits per heavy atom. The molecule has 1 amide bonds. The van der Waals surface area contributed by atoms with Crippen LogP contribution in [-0.4, -0.2) is 16.1 Å². The molecule has 0 saturated heterocycles. The van der Waals surface area contributed by atoms with Crippen LogP contribution in [0.3, 0.4) is 0 Å². The summed E-state index contributed by atoms with van der Waals surface area (Å²) in [6, 6.07) is 13.0. The number of amides is 1. The van der Waals surface area contributed by atoms with E-state index in [0.29, 0.717) is 10.9 Å². The smallest absolute Gasteiger partial charge is 0.250 e. The number of nitrogens with one attached hydrogen (secondary N) is 4. The Balaban J connectivity index is 1.71. The average molecular weight is 360 g/mol. The summed E-state index contributed by atoms with van der Waals surface area (Å²) in [7, 11) is 0. The van der Waals surface area contributed by atoms with Crippen LogP contribution in [0.5, 0.6) is 0 Å². The highest BCUT2D eigenvalue weighted by Gasteiger charge is 2.02. The van der Waals surface area contributed by atoms with Gasteiger partial charge in [0.2, 0.25) is 5.91 Å². The van der Waals surface area contributed by atoms with Crippen LogP contribution in [0.1, 0.15) is 11.5 Å². The van der Waals surface area contributed by atoms with Gasteiger partial charge in [-0.25, -0.2) is 0 Å². The summed E-state index contributed by atoms with van der Waals surface area (Å²) < 4.78 is 5.32. The zero-order valence-corrected chi connectivity index (χ0v) is 14.5. The fourth-order valence-corrected chi connectivity index (χ4v) is 2.00. The molecule has 0 fully saturated rings. The average Bonchev–Trinajstić information content (AvgIpc) is 2.97. The molecule has 0 aliphatic heterocycles. The van der Waals surface area contributed by atoms with E-state index in [2.05, 4.69) is 21.5 Å². The van der Waals surface area contributed by atoms with E-state index in [4.69, 9.17) is 28.9 Å². The molecule has 6 nitrogen and oxygen atoms in total. The molecule has 1 heterocycles. The highest BCUT2D eigenvalue weighted by molar-refractivity contribution is 7.80. The van der Waals surface area contributed by atoms with Crippen LogP contribution < -0.4 is 21.5 Å². The van der Waals surface area contributed by atoms with Gasteiger partial charge in [0, 0.05) is 11.8 Å². The molecule has 0 unspecified atom stereocenters. The fraction of sp³-hybridized carbons (Fsp3) is 0.0625. The summed E-state index contributed by atoms with van der Waals surface area (Å²) in [5, 5.41) is 5.85. The first kappa shape index (κ1) is 17.6. The Bertz CT molecular complexity index is 756. The second kappa shape index (κ2) is 8.80. The van der Waals surface area contributed by atoms with Crippen molar-refractivity contribution in [2.75, 3.05) is 5.32 Å². The van der Waals surface area contributed by atoms with E-state index in [1.807, 2.05) is 43.3 Å². The number of hydrogen-bond acceptors (Lipinski definition) is 4. The Morgan fingerprint density at radius 3 is 2.42 bits per heavy atom. The lowest BCUT2D eigenvalue weighted by molar-refractivity contribution is -0.115. The summed E-state index contributed by atoms with van der Waals surface area (Å²) in [6.45, 7) is 1.83. The summed E-state index contributed by atoms with van der Waals surface area (Å²) >= 11 is 10.1. The molecule has 24 heavy (non-hydrogen) atoms. The zero-order chi connectivity index (χ0) is 17.4. The fourth-order valence-electron chi connectivity index (χ4n) is 1.68. The van der Waals surface area contributed by atoms with Gasteiger partial charge in [-0.05, 0) is 61.7 Å². The van der Waals surface area contributed by atoms with Crippen molar-refractivity contribution in [1.82, 2.24) is 16.2 Å². The highest BCUT2D eigenvalue weighted by Crippen LogP contribution is 2.07. The minimum Gasteiger partial charge on any atom is -0.462 e. The predicted octanol–water partition coefficient (Wildman–Crippen LogP) is 2.49. The molecule has 2 rings (SSSR count). The SMILES string of the molecule is Cc1ccc(/C=C/C(=O)NC(=S)NNC(=S)Nc2ccccc2)o1. The van der Waals surface area contributed by atoms with Crippen LogP contribution in [0.2, 0.25) is 0 Å². The largest absolute Gasteiger partial charge is 0.462 e. The highest BCUT2D eigenvalue weighted by atomic mass is 32.1. The van der Waals surface area contributed by atoms with Crippen LogP contribution >= 0.6 is 24.4 Å². The molecular weight excluding hydrogens is 344 g/mol. The molecule has 8 heteroatoms. The van der Waals surface area contributed by atoms with Gasteiger partial charge in [0.25, 0.3) is 0 Å². The van der Waals surface area contributed by atoms with E-state index < -0.39 is 0 Å². The first-order valence-corrected chi connectivity index (χ1v) is 7.82. The van der Waals surface area contributed by atoms with Gasteiger partial charge in [-0.15, -0.1) is 0 Å². The number of para-hydroxylation sites is 1. The van der Waals surface area contributed by atoms with Gasteiger partial charge in [0.15, 0.2) is 10.2 Å². The predicted molar refractivity (Wildman–Crippen MR) is 102 cm³/mol. The number of hydrazine groups is 1. The number of aryl methyl sites for hydroxylation is 1. The molecular formula is C16H16N4O2S2. The first-order valence-electron chi connectivity index (χ1n) is 7.00. The van der Waals surface area contributed by atoms with E-state index in [-0.39, 0.29) is 11.0 Å². The molecule has 0 saturated carbocycles. The Morgan fingerprint density at radius 1 is 1.04 bits per heavy atom. The third-order valence-corrected chi connectivity index (χ3v) is 3.13. The second-order valence-corrected chi connectivity index (χ2v) is 5.49. The van der Waals surface area contributed by atoms with E-state index in [1.54, 1.807) is 12.1 Å². The molecule has 0 spiro atoms. The van der Waals surface area contributed by atoms with E-state index in [9.17, 15) is 4.79 Å². The lowest BCUT2D eigenvalue weighted by atomic mass is 10.3. The van der Waals surface area contributed by atoms with Gasteiger partial charge in [-0.3, -0.25) is 21.0 Å². The normalized spacial score (nSPS) is 10.2. The summed E-state index contributed by atoms with van der Waals surface area (Å²) in [5.41, 5.74) is 6.15. The van der Waals surface area contributed by atoms with Gasteiger partial charge in [0.05, 0.1) is 0 Å². The summed E-state index contributed by atoms with van der Waals surface area (Å²) in [6.07, 6.45) is 2.88. The van der Waals surface area contributed by atoms with Gasteiger partial charge >= 0.3 is 0 Å². The standard InChI is InChI=1S/C16H16N4O2S2/c1-11-7-8-13(22-11)9-10-14(21)18-16(24)20-19-15(23)17-12-5-3-2-4-6-12/h2-10H,1H3,(H2,17,19,23)(H2,18,20,21,24)/b10-9+. The van der Waals surface area contributed by atoms with Crippen molar-refractivity contribution in [3.05, 3.63) is 60.1 Å². The van der Waals surface area contributed by atoms with Gasteiger partial charge in [-0.1, -0.05) is 18.2 Å². The third-order valence-electron chi connectivity index (χ3n) is 2.72. The van der Waals surface area contributed by atoms with Crippen LogP contribution in [0.25, 0.3) is 6.08 Å². The number of rotatable bonds is 3. The van der Waals surface area contributed by atoms with Crippen molar-refractivity contribution >= 4 is 52.3 Å². The Kier molecular flexibility index (Phi) is 6.47. The van der Waals surface area contributed by atoms with Crippen LogP contribution in [-0.2, 0) is 4.79 Å². The molecule has 0 atom stereocenters. The van der Waals surface area contributed by atoms with Crippen molar-refractivity contribution in [2.45, 2.75) is 6.92 Å². The maximum Gasteiger partial charge on any atom is 0.250 e. The maximum atomic E-state index is 11.7. The van der Waals surface area contributed by atoms with E-state index in [1.165, 1.54) is 6.08 Å². The Hall–Kier alpha value is -2.71. The summed E-state index contributed by atoms with van der Waals surface area (Å²) in [5.74, 6) is 0.981. The van der Waals surface area contributed by atoms with Gasteiger partial charge < -0.3 is 9.73 Å². The lowest BCUT2D eigenvalue weighted by Gasteiger charge is -2.13. The van der Waals surface area contributed by atoms with Crippen molar-refractivity contribution in [3.63, 3.8) is 0 Å². The molecule has 0 bridgehead atoms. The van der Waals surface area contributed by atoms with Crippen LogP contribution in [0, 0.1) is 6.92 Å². The van der Waals surface area contributed by atoms with Crippen molar-refractivity contribution in [2.24, 2.45) is 0 Å². The first-order chi connectivity index (χ1) is 11.5. The molecule has 1 aromatic heterocycles. The zero-order valence-electron chi connectivity index (χ0n) is 12.8. The topological polar surface area (TPSA) is 78.3 Å². The molecule has 0 aliphatic rings. The van der Waals surface area contributed by atoms with Crippen molar-refractivity contribution in [3.8, 4) is 0 Å². The van der Waals surface area contributed by atoms with Crippen LogP contribution in [0.4, 0.5) is 5.69 Å². The molecule has 2 aromatic rings. The summed E-state index contributed by atoms with van der Waals surface area (Å²) in [4.78, 5) is 11.7. The quantitative estimate of drug-likeness (QED) is 0.380. The number of benzene rings is 1. The van der Waals surface area contributed by atoms with Gasteiger partial charge in [-0.2, -0.15) is 0 Å². The Labute approximate surface area is 150 Å². The number of hydrogen-bond donors (Lipinski definition) is 4. The van der Waals surface area contributed by atoms with Gasteiger partial charge in [0.1, 0.15) is 11.5 Å². The molecule has 124 valence electrons. The number of carbonyl (C=O) groups excluding carboxylic acids is 1. The lowest BCUT2D eigenvalue weighted by Crippen LogP contribution is -2.49. The number of thiocarbonyl (C=S) groups is 2. The van der Waals surface area contributed by atoms with E-state index >= 15 is 0 Å². The number of furan rings is 1. The number of anilines is 1. The van der Waals surface area contributed by atoms with Crippen molar-refractivity contribution in [1.29, 1.82) is 0 Å². The third kappa shape index (κ3) is 6.19. The maximum absolute atomic E-state index is 11.7. The minimum atomic E-state index is -0.384. The second-order valence-electron chi connectivity index (χ2n) is 4.67. The van der Waals surface area contributed by atoms with Crippen LogP contribution in [0.15, 0.2) is 53.0 Å². The molecule has 0 radical (unpaired) electrons.